The predicted octanol–water partition coefficient (Wildman–Crippen LogP) is 1.10. The van der Waals surface area contributed by atoms with Crippen LogP contribution in [0.1, 0.15) is 20.3 Å². The molecule has 1 N–H and O–H groups in total. The van der Waals surface area contributed by atoms with E-state index in [0.717, 1.165) is 6.42 Å². The van der Waals surface area contributed by atoms with E-state index < -0.39 is 0 Å². The highest BCUT2D eigenvalue weighted by Gasteiger charge is 2.15. The zero-order chi connectivity index (χ0) is 7.56. The van der Waals surface area contributed by atoms with Crippen molar-refractivity contribution in [3.63, 3.8) is 0 Å². The normalized spacial score (nSPS) is 27.3. The van der Waals surface area contributed by atoms with Crippen LogP contribution in [0.4, 0.5) is 0 Å². The number of hydrogen-bond donors (Lipinski definition) is 1. The lowest BCUT2D eigenvalue weighted by Gasteiger charge is -2.22. The van der Waals surface area contributed by atoms with E-state index in [1.54, 1.807) is 0 Å². The first-order valence-corrected chi connectivity index (χ1v) is 3.61. The Morgan fingerprint density at radius 3 is 2.70 bits per heavy atom. The lowest BCUT2D eigenvalue weighted by molar-refractivity contribution is 0.0165. The molecule has 1 aliphatic rings. The van der Waals surface area contributed by atoms with Gasteiger partial charge in [0.15, 0.2) is 0 Å². The molecule has 0 saturated carbocycles. The number of aliphatic hydroxyl groups excluding tert-OH is 1. The average molecular weight is 142 g/mol. The van der Waals surface area contributed by atoms with Crippen LogP contribution in [0.2, 0.25) is 0 Å². The lowest BCUT2D eigenvalue weighted by Crippen LogP contribution is -2.23. The Hall–Kier alpha value is -0.340. The highest BCUT2D eigenvalue weighted by atomic mass is 16.5. The molecule has 58 valence electrons. The van der Waals surface area contributed by atoms with Gasteiger partial charge in [0, 0.05) is 0 Å². The van der Waals surface area contributed by atoms with Crippen LogP contribution in [0.15, 0.2) is 11.1 Å². The second kappa shape index (κ2) is 3.17. The molecule has 1 aliphatic heterocycles. The molecule has 2 heteroatoms. The summed E-state index contributed by atoms with van der Waals surface area (Å²) in [4.78, 5) is 0. The second-order valence-electron chi connectivity index (χ2n) is 2.88. The van der Waals surface area contributed by atoms with E-state index in [1.807, 2.05) is 0 Å². The number of ether oxygens (including phenoxy) is 1. The molecule has 1 rings (SSSR count). The summed E-state index contributed by atoms with van der Waals surface area (Å²) >= 11 is 0. The third-order valence-electron chi connectivity index (χ3n) is 2.00. The van der Waals surface area contributed by atoms with Gasteiger partial charge in [0.05, 0.1) is 19.3 Å². The molecular formula is C8H14O2. The second-order valence-corrected chi connectivity index (χ2v) is 2.88. The number of hydrogen-bond acceptors (Lipinski definition) is 2. The van der Waals surface area contributed by atoms with Crippen molar-refractivity contribution in [2.45, 2.75) is 26.4 Å². The van der Waals surface area contributed by atoms with Crippen LogP contribution in [-0.2, 0) is 4.74 Å². The Balaban J connectivity index is 2.54. The van der Waals surface area contributed by atoms with Crippen molar-refractivity contribution >= 4 is 0 Å². The zero-order valence-electron chi connectivity index (χ0n) is 6.55. The van der Waals surface area contributed by atoms with Crippen LogP contribution in [0.5, 0.6) is 0 Å². The minimum atomic E-state index is 0.0451. The molecule has 0 fully saturated rings. The number of aliphatic hydroxyl groups is 1. The molecule has 10 heavy (non-hydrogen) atoms. The fourth-order valence-electron chi connectivity index (χ4n) is 1.06. The van der Waals surface area contributed by atoms with Gasteiger partial charge < -0.3 is 9.84 Å². The van der Waals surface area contributed by atoms with E-state index in [4.69, 9.17) is 9.84 Å². The Kier molecular flexibility index (Phi) is 2.46. The van der Waals surface area contributed by atoms with E-state index in [-0.39, 0.29) is 12.7 Å². The van der Waals surface area contributed by atoms with E-state index in [2.05, 4.69) is 13.8 Å². The van der Waals surface area contributed by atoms with Crippen LogP contribution in [0.3, 0.4) is 0 Å². The molecule has 1 atom stereocenters. The molecule has 0 aromatic rings. The highest BCUT2D eigenvalue weighted by Crippen LogP contribution is 2.18. The standard InChI is InChI=1S/C8H14O2/c1-6-3-8(4-9)10-5-7(6)2/h8-9H,3-5H2,1-2H3. The van der Waals surface area contributed by atoms with Crippen LogP contribution in [-0.4, -0.2) is 24.4 Å². The van der Waals surface area contributed by atoms with Crippen molar-refractivity contribution in [3.05, 3.63) is 11.1 Å². The van der Waals surface area contributed by atoms with Gasteiger partial charge in [0.2, 0.25) is 0 Å². The van der Waals surface area contributed by atoms with Crippen molar-refractivity contribution in [1.29, 1.82) is 0 Å². The molecule has 0 bridgehead atoms. The Morgan fingerprint density at radius 2 is 2.20 bits per heavy atom. The van der Waals surface area contributed by atoms with E-state index in [9.17, 15) is 0 Å². The van der Waals surface area contributed by atoms with Crippen molar-refractivity contribution < 1.29 is 9.84 Å². The predicted molar refractivity (Wildman–Crippen MR) is 39.8 cm³/mol. The van der Waals surface area contributed by atoms with Crippen LogP contribution in [0.25, 0.3) is 0 Å². The summed E-state index contributed by atoms with van der Waals surface area (Å²) in [6.07, 6.45) is 0.936. The Morgan fingerprint density at radius 1 is 1.50 bits per heavy atom. The summed E-state index contributed by atoms with van der Waals surface area (Å²) in [5.74, 6) is 0. The first-order valence-electron chi connectivity index (χ1n) is 3.61. The molecule has 1 unspecified atom stereocenters. The summed E-state index contributed by atoms with van der Waals surface area (Å²) in [5.41, 5.74) is 2.68. The van der Waals surface area contributed by atoms with Gasteiger partial charge in [-0.05, 0) is 25.8 Å². The van der Waals surface area contributed by atoms with Gasteiger partial charge in [-0.15, -0.1) is 0 Å². The summed E-state index contributed by atoms with van der Waals surface area (Å²) in [6.45, 7) is 5.01. The van der Waals surface area contributed by atoms with Gasteiger partial charge in [-0.25, -0.2) is 0 Å². The molecule has 1 heterocycles. The van der Waals surface area contributed by atoms with Crippen molar-refractivity contribution in [3.8, 4) is 0 Å². The minimum absolute atomic E-state index is 0.0451. The van der Waals surface area contributed by atoms with Crippen LogP contribution < -0.4 is 0 Å². The number of rotatable bonds is 1. The fourth-order valence-corrected chi connectivity index (χ4v) is 1.06. The molecule has 0 saturated heterocycles. The highest BCUT2D eigenvalue weighted by molar-refractivity contribution is 5.13. The van der Waals surface area contributed by atoms with Crippen molar-refractivity contribution in [1.82, 2.24) is 0 Å². The van der Waals surface area contributed by atoms with Gasteiger partial charge in [0.1, 0.15) is 0 Å². The van der Waals surface area contributed by atoms with Gasteiger partial charge in [-0.1, -0.05) is 5.57 Å². The smallest absolute Gasteiger partial charge is 0.0847 e. The Labute approximate surface area is 61.5 Å². The van der Waals surface area contributed by atoms with E-state index in [0.29, 0.717) is 6.61 Å². The molecule has 0 aliphatic carbocycles. The summed E-state index contributed by atoms with van der Waals surface area (Å²) in [7, 11) is 0. The third-order valence-corrected chi connectivity index (χ3v) is 2.00. The van der Waals surface area contributed by atoms with Gasteiger partial charge >= 0.3 is 0 Å². The summed E-state index contributed by atoms with van der Waals surface area (Å²) in [6, 6.07) is 0. The molecule has 0 aromatic heterocycles. The third kappa shape index (κ3) is 1.58. The monoisotopic (exact) mass is 142 g/mol. The zero-order valence-corrected chi connectivity index (χ0v) is 6.55. The lowest BCUT2D eigenvalue weighted by atomic mass is 10.0. The van der Waals surface area contributed by atoms with Gasteiger partial charge in [-0.2, -0.15) is 0 Å². The first-order chi connectivity index (χ1) is 4.74. The van der Waals surface area contributed by atoms with Crippen molar-refractivity contribution in [2.75, 3.05) is 13.2 Å². The topological polar surface area (TPSA) is 29.5 Å². The first kappa shape index (κ1) is 7.76. The quantitative estimate of drug-likeness (QED) is 0.555. The SMILES string of the molecule is CC1=C(C)CC(CO)OC1. The van der Waals surface area contributed by atoms with E-state index in [1.165, 1.54) is 11.1 Å². The molecule has 0 radical (unpaired) electrons. The maximum atomic E-state index is 8.75. The summed E-state index contributed by atoms with van der Waals surface area (Å²) in [5, 5.41) is 8.75. The van der Waals surface area contributed by atoms with Gasteiger partial charge in [-0.3, -0.25) is 0 Å². The largest absolute Gasteiger partial charge is 0.394 e. The Bertz CT molecular complexity index is 149. The molecule has 0 spiro atoms. The van der Waals surface area contributed by atoms with Crippen molar-refractivity contribution in [2.24, 2.45) is 0 Å². The maximum Gasteiger partial charge on any atom is 0.0847 e. The molecule has 2 nitrogen and oxygen atoms in total. The average Bonchev–Trinajstić information content (AvgIpc) is 1.95. The van der Waals surface area contributed by atoms with Gasteiger partial charge in [0.25, 0.3) is 0 Å². The van der Waals surface area contributed by atoms with Crippen LogP contribution >= 0.6 is 0 Å². The van der Waals surface area contributed by atoms with E-state index >= 15 is 0 Å². The fraction of sp³-hybridized carbons (Fsp3) is 0.750. The molecular weight excluding hydrogens is 128 g/mol. The summed E-state index contributed by atoms with van der Waals surface area (Å²) < 4.78 is 5.30. The van der Waals surface area contributed by atoms with Crippen LogP contribution in [0, 0.1) is 0 Å². The molecule has 0 aromatic carbocycles. The maximum absolute atomic E-state index is 8.75. The molecule has 0 amide bonds. The minimum Gasteiger partial charge on any atom is -0.394 e.